The van der Waals surface area contributed by atoms with Crippen molar-refractivity contribution in [1.82, 2.24) is 0 Å². The largest absolute Gasteiger partial charge is 0.464 e. The Kier molecular flexibility index (Phi) is 4.11. The van der Waals surface area contributed by atoms with Crippen LogP contribution in [-0.2, 0) is 16.0 Å². The maximum absolute atomic E-state index is 13.2. The molecule has 0 saturated heterocycles. The summed E-state index contributed by atoms with van der Waals surface area (Å²) in [6.45, 7) is 1.88. The van der Waals surface area contributed by atoms with E-state index in [0.717, 1.165) is 5.56 Å². The molecule has 0 heterocycles. The van der Waals surface area contributed by atoms with E-state index >= 15 is 0 Å². The number of ether oxygens (including phenoxy) is 1. The number of carbonyl (C=O) groups excluding carboxylic acids is 1. The van der Waals surface area contributed by atoms with E-state index in [9.17, 15) is 9.18 Å². The molecule has 0 N–H and O–H groups in total. The van der Waals surface area contributed by atoms with Crippen molar-refractivity contribution in [3.05, 3.63) is 35.9 Å². The number of hydrogen-bond donors (Lipinski definition) is 0. The molecule has 1 unspecified atom stereocenters. The van der Waals surface area contributed by atoms with E-state index < -0.39 is 12.1 Å². The van der Waals surface area contributed by atoms with Crippen molar-refractivity contribution in [3.63, 3.8) is 0 Å². The Morgan fingerprint density at radius 1 is 1.43 bits per heavy atom. The van der Waals surface area contributed by atoms with Crippen LogP contribution in [0.3, 0.4) is 0 Å². The van der Waals surface area contributed by atoms with Gasteiger partial charge in [0, 0.05) is 6.42 Å². The third kappa shape index (κ3) is 3.17. The lowest BCUT2D eigenvalue weighted by molar-refractivity contribution is -0.149. The maximum atomic E-state index is 13.2. The molecule has 0 aromatic heterocycles. The molecule has 3 heteroatoms. The van der Waals surface area contributed by atoms with Gasteiger partial charge in [0.25, 0.3) is 0 Å². The van der Waals surface area contributed by atoms with Crippen LogP contribution < -0.4 is 0 Å². The van der Waals surface area contributed by atoms with Gasteiger partial charge in [-0.1, -0.05) is 30.3 Å². The Labute approximate surface area is 82.7 Å². The number of carbonyl (C=O) groups is 1. The first-order valence-corrected chi connectivity index (χ1v) is 4.58. The molecule has 0 saturated carbocycles. The molecule has 0 aliphatic rings. The van der Waals surface area contributed by atoms with Crippen LogP contribution in [0.4, 0.5) is 4.39 Å². The van der Waals surface area contributed by atoms with Gasteiger partial charge in [-0.2, -0.15) is 0 Å². The quantitative estimate of drug-likeness (QED) is 0.689. The predicted molar refractivity (Wildman–Crippen MR) is 51.7 cm³/mol. The molecular weight excluding hydrogens is 183 g/mol. The van der Waals surface area contributed by atoms with E-state index in [0.29, 0.717) is 0 Å². The molecule has 0 amide bonds. The Balaban J connectivity index is 2.49. The zero-order chi connectivity index (χ0) is 10.4. The fraction of sp³-hybridized carbons (Fsp3) is 0.364. The number of alkyl halides is 1. The van der Waals surface area contributed by atoms with Crippen molar-refractivity contribution in [1.29, 1.82) is 0 Å². The van der Waals surface area contributed by atoms with E-state index in [1.807, 2.05) is 18.2 Å². The Morgan fingerprint density at radius 2 is 2.07 bits per heavy atom. The summed E-state index contributed by atoms with van der Waals surface area (Å²) in [5.74, 6) is -0.781. The standard InChI is InChI=1S/C11H13FO2/c1-2-14-11(13)10(12)8-9-6-4-3-5-7-9/h3-7,10H,2,8H2,1H3. The lowest BCUT2D eigenvalue weighted by Gasteiger charge is -2.06. The molecule has 0 radical (unpaired) electrons. The van der Waals surface area contributed by atoms with Gasteiger partial charge in [0.15, 0.2) is 0 Å². The molecule has 2 nitrogen and oxygen atoms in total. The average Bonchev–Trinajstić information content (AvgIpc) is 2.19. The van der Waals surface area contributed by atoms with Crippen molar-refractivity contribution in [2.24, 2.45) is 0 Å². The lowest BCUT2D eigenvalue weighted by atomic mass is 10.1. The number of esters is 1. The minimum atomic E-state index is -1.56. The molecule has 76 valence electrons. The van der Waals surface area contributed by atoms with Crippen molar-refractivity contribution in [2.75, 3.05) is 6.61 Å². The van der Waals surface area contributed by atoms with Gasteiger partial charge in [-0.3, -0.25) is 0 Å². The SMILES string of the molecule is CCOC(=O)C(F)Cc1ccccc1. The number of benzene rings is 1. The first-order chi connectivity index (χ1) is 6.74. The van der Waals surface area contributed by atoms with Gasteiger partial charge in [0.2, 0.25) is 6.17 Å². The van der Waals surface area contributed by atoms with Crippen molar-refractivity contribution in [3.8, 4) is 0 Å². The fourth-order valence-corrected chi connectivity index (χ4v) is 1.14. The topological polar surface area (TPSA) is 26.3 Å². The normalized spacial score (nSPS) is 12.1. The number of hydrogen-bond acceptors (Lipinski definition) is 2. The highest BCUT2D eigenvalue weighted by molar-refractivity contribution is 5.74. The second kappa shape index (κ2) is 5.37. The van der Waals surface area contributed by atoms with Crippen molar-refractivity contribution in [2.45, 2.75) is 19.5 Å². The Bertz CT molecular complexity index is 285. The molecule has 1 rings (SSSR count). The highest BCUT2D eigenvalue weighted by Gasteiger charge is 2.18. The van der Waals surface area contributed by atoms with E-state index in [-0.39, 0.29) is 13.0 Å². The van der Waals surface area contributed by atoms with Crippen LogP contribution in [0.5, 0.6) is 0 Å². The molecule has 1 atom stereocenters. The fourth-order valence-electron chi connectivity index (χ4n) is 1.14. The molecular formula is C11H13FO2. The van der Waals surface area contributed by atoms with E-state index in [4.69, 9.17) is 0 Å². The summed E-state index contributed by atoms with van der Waals surface area (Å²) in [5.41, 5.74) is 0.799. The molecule has 0 aliphatic carbocycles. The highest BCUT2D eigenvalue weighted by atomic mass is 19.1. The van der Waals surface area contributed by atoms with E-state index in [2.05, 4.69) is 4.74 Å². The average molecular weight is 196 g/mol. The molecule has 1 aromatic rings. The minimum Gasteiger partial charge on any atom is -0.464 e. The highest BCUT2D eigenvalue weighted by Crippen LogP contribution is 2.07. The second-order valence-electron chi connectivity index (χ2n) is 2.91. The summed E-state index contributed by atoms with van der Waals surface area (Å²) in [6, 6.07) is 9.04. The molecule has 0 spiro atoms. The van der Waals surface area contributed by atoms with Gasteiger partial charge in [-0.25, -0.2) is 9.18 Å². The zero-order valence-corrected chi connectivity index (χ0v) is 8.07. The van der Waals surface area contributed by atoms with Crippen molar-refractivity contribution >= 4 is 5.97 Å². The van der Waals surface area contributed by atoms with Gasteiger partial charge in [0.1, 0.15) is 0 Å². The summed E-state index contributed by atoms with van der Waals surface area (Å²) >= 11 is 0. The van der Waals surface area contributed by atoms with Crippen LogP contribution >= 0.6 is 0 Å². The first-order valence-electron chi connectivity index (χ1n) is 4.58. The van der Waals surface area contributed by atoms with Crippen LogP contribution in [0.1, 0.15) is 12.5 Å². The van der Waals surface area contributed by atoms with Gasteiger partial charge in [0.05, 0.1) is 6.61 Å². The van der Waals surface area contributed by atoms with Crippen molar-refractivity contribution < 1.29 is 13.9 Å². The Hall–Kier alpha value is -1.38. The lowest BCUT2D eigenvalue weighted by Crippen LogP contribution is -2.21. The smallest absolute Gasteiger partial charge is 0.341 e. The van der Waals surface area contributed by atoms with Crippen LogP contribution in [-0.4, -0.2) is 18.7 Å². The summed E-state index contributed by atoms with van der Waals surface area (Å²) in [4.78, 5) is 11.0. The summed E-state index contributed by atoms with van der Waals surface area (Å²) < 4.78 is 17.8. The molecule has 0 aliphatic heterocycles. The third-order valence-electron chi connectivity index (χ3n) is 1.80. The molecule has 14 heavy (non-hydrogen) atoms. The summed E-state index contributed by atoms with van der Waals surface area (Å²) in [5, 5.41) is 0. The first kappa shape index (κ1) is 10.7. The monoisotopic (exact) mass is 196 g/mol. The number of halogens is 1. The predicted octanol–water partition coefficient (Wildman–Crippen LogP) is 2.13. The third-order valence-corrected chi connectivity index (χ3v) is 1.80. The minimum absolute atomic E-state index is 0.0830. The summed E-state index contributed by atoms with van der Waals surface area (Å²) in [7, 11) is 0. The molecule has 1 aromatic carbocycles. The van der Waals surface area contributed by atoms with Gasteiger partial charge < -0.3 is 4.74 Å². The zero-order valence-electron chi connectivity index (χ0n) is 8.07. The second-order valence-corrected chi connectivity index (χ2v) is 2.91. The van der Waals surface area contributed by atoms with Crippen LogP contribution in [0.2, 0.25) is 0 Å². The van der Waals surface area contributed by atoms with Gasteiger partial charge in [-0.15, -0.1) is 0 Å². The Morgan fingerprint density at radius 3 is 2.64 bits per heavy atom. The van der Waals surface area contributed by atoms with Gasteiger partial charge >= 0.3 is 5.97 Å². The molecule has 0 fully saturated rings. The molecule has 0 bridgehead atoms. The van der Waals surface area contributed by atoms with E-state index in [1.54, 1.807) is 19.1 Å². The summed E-state index contributed by atoms with van der Waals surface area (Å²) in [6.07, 6.45) is -1.48. The maximum Gasteiger partial charge on any atom is 0.341 e. The van der Waals surface area contributed by atoms with Crippen LogP contribution in [0, 0.1) is 0 Å². The van der Waals surface area contributed by atoms with Crippen LogP contribution in [0.15, 0.2) is 30.3 Å². The van der Waals surface area contributed by atoms with E-state index in [1.165, 1.54) is 0 Å². The number of rotatable bonds is 4. The van der Waals surface area contributed by atoms with Crippen LogP contribution in [0.25, 0.3) is 0 Å². The van der Waals surface area contributed by atoms with Gasteiger partial charge in [-0.05, 0) is 12.5 Å².